The summed E-state index contributed by atoms with van der Waals surface area (Å²) in [5.74, 6) is -8.74. The van der Waals surface area contributed by atoms with E-state index in [0.29, 0.717) is 6.04 Å². The third-order valence-electron chi connectivity index (χ3n) is 2.78. The molecule has 1 heterocycles. The molecule has 0 aliphatic carbocycles. The second kappa shape index (κ2) is 11.4. The maximum absolute atomic E-state index is 8.93. The number of hydrogen-bond acceptors (Lipinski definition) is 10. The number of carboxylic acid groups (broad SMARTS) is 4. The zero-order chi connectivity index (χ0) is 19.4. The number of hydrogen-bond donors (Lipinski definition) is 2. The summed E-state index contributed by atoms with van der Waals surface area (Å²) in [6.07, 6.45) is 1.23. The molecular formula is C15H16N2O8-4. The molecule has 1 atom stereocenters. The molecule has 2 rings (SSSR count). The van der Waals surface area contributed by atoms with Gasteiger partial charge in [-0.25, -0.2) is 0 Å². The van der Waals surface area contributed by atoms with E-state index in [-0.39, 0.29) is 0 Å². The van der Waals surface area contributed by atoms with Crippen molar-refractivity contribution in [2.24, 2.45) is 0 Å². The molecule has 0 bridgehead atoms. The van der Waals surface area contributed by atoms with Crippen LogP contribution in [0.15, 0.2) is 24.3 Å². The summed E-state index contributed by atoms with van der Waals surface area (Å²) in [5.41, 5.74) is 2.56. The largest absolute Gasteiger partial charge is 0.543 e. The van der Waals surface area contributed by atoms with E-state index in [1.807, 2.05) is 0 Å². The van der Waals surface area contributed by atoms with Crippen molar-refractivity contribution in [2.75, 3.05) is 18.4 Å². The Hall–Kier alpha value is -3.14. The molecule has 0 aromatic heterocycles. The summed E-state index contributed by atoms with van der Waals surface area (Å²) in [4.78, 5) is 35.7. The molecule has 0 amide bonds. The van der Waals surface area contributed by atoms with E-state index in [2.05, 4.69) is 41.8 Å². The first-order chi connectivity index (χ1) is 11.6. The first kappa shape index (κ1) is 21.9. The van der Waals surface area contributed by atoms with E-state index in [4.69, 9.17) is 39.6 Å². The zero-order valence-electron chi connectivity index (χ0n) is 13.3. The van der Waals surface area contributed by atoms with Crippen LogP contribution >= 0.6 is 0 Å². The monoisotopic (exact) mass is 352 g/mol. The molecule has 1 unspecified atom stereocenters. The maximum Gasteiger partial charge on any atom is 0.0870 e. The number of carbonyl (C=O) groups is 4. The topological polar surface area (TPSA) is 185 Å². The Balaban J connectivity index is 0.000000406. The number of carboxylic acids is 4. The minimum absolute atomic E-state index is 0.613. The lowest BCUT2D eigenvalue weighted by Crippen LogP contribution is -2.42. The van der Waals surface area contributed by atoms with E-state index in [9.17, 15) is 0 Å². The Morgan fingerprint density at radius 2 is 1.52 bits per heavy atom. The van der Waals surface area contributed by atoms with E-state index < -0.39 is 23.9 Å². The fourth-order valence-corrected chi connectivity index (χ4v) is 1.75. The fraction of sp³-hybridized carbons (Fsp3) is 0.333. The van der Waals surface area contributed by atoms with Crippen LogP contribution in [0, 0.1) is 6.92 Å². The Labute approximate surface area is 143 Å². The van der Waals surface area contributed by atoms with Crippen molar-refractivity contribution in [3.05, 3.63) is 29.8 Å². The highest BCUT2D eigenvalue weighted by molar-refractivity contribution is 6.25. The molecule has 1 aliphatic heterocycles. The van der Waals surface area contributed by atoms with Crippen LogP contribution in [0.3, 0.4) is 0 Å². The lowest BCUT2D eigenvalue weighted by Gasteiger charge is -2.12. The fourth-order valence-electron chi connectivity index (χ4n) is 1.75. The first-order valence-electron chi connectivity index (χ1n) is 7.02. The van der Waals surface area contributed by atoms with Crippen LogP contribution < -0.4 is 31.1 Å². The molecule has 25 heavy (non-hydrogen) atoms. The number of anilines is 1. The average Bonchev–Trinajstić information content (AvgIpc) is 3.01. The van der Waals surface area contributed by atoms with Gasteiger partial charge in [-0.3, -0.25) is 0 Å². The van der Waals surface area contributed by atoms with Gasteiger partial charge in [0.1, 0.15) is 0 Å². The average molecular weight is 352 g/mol. The van der Waals surface area contributed by atoms with Gasteiger partial charge in [0.25, 0.3) is 0 Å². The van der Waals surface area contributed by atoms with Gasteiger partial charge in [-0.2, -0.15) is 0 Å². The van der Waals surface area contributed by atoms with Crippen molar-refractivity contribution >= 4 is 29.6 Å². The van der Waals surface area contributed by atoms with E-state index >= 15 is 0 Å². The summed E-state index contributed by atoms with van der Waals surface area (Å²) >= 11 is 0. The lowest BCUT2D eigenvalue weighted by atomic mass is 10.2. The minimum Gasteiger partial charge on any atom is -0.543 e. The molecule has 1 aromatic carbocycles. The molecule has 2 N–H and O–H groups in total. The number of aliphatic carboxylic acids is 4. The smallest absolute Gasteiger partial charge is 0.0870 e. The van der Waals surface area contributed by atoms with Crippen molar-refractivity contribution in [1.29, 1.82) is 0 Å². The molecule has 0 spiro atoms. The van der Waals surface area contributed by atoms with Gasteiger partial charge in [0, 0.05) is 18.3 Å². The lowest BCUT2D eigenvalue weighted by molar-refractivity contribution is -0.345. The molecule has 10 heteroatoms. The number of benzene rings is 1. The highest BCUT2D eigenvalue weighted by Gasteiger charge is 2.13. The quantitative estimate of drug-likeness (QED) is 0.487. The van der Waals surface area contributed by atoms with Crippen molar-refractivity contribution in [3.8, 4) is 0 Å². The number of carbonyl (C=O) groups excluding carboxylic acids is 4. The van der Waals surface area contributed by atoms with Crippen LogP contribution in [0.2, 0.25) is 0 Å². The second-order valence-electron chi connectivity index (χ2n) is 4.85. The SMILES string of the molecule is Cc1cccc(NC2CCNC2)c1.O=C([O-])C(=O)[O-].O=C([O-])C(=O)[O-]. The number of rotatable bonds is 2. The highest BCUT2D eigenvalue weighted by Crippen LogP contribution is 2.12. The Morgan fingerprint density at radius 1 is 1.00 bits per heavy atom. The molecule has 1 aromatic rings. The number of aryl methyl sites for hydroxylation is 1. The van der Waals surface area contributed by atoms with Crippen molar-refractivity contribution in [1.82, 2.24) is 5.32 Å². The normalized spacial score (nSPS) is 14.8. The summed E-state index contributed by atoms with van der Waals surface area (Å²) in [6.45, 7) is 4.36. The van der Waals surface area contributed by atoms with Crippen molar-refractivity contribution in [3.63, 3.8) is 0 Å². The summed E-state index contributed by atoms with van der Waals surface area (Å²) in [5, 5.41) is 42.6. The Kier molecular flexibility index (Phi) is 9.97. The molecule has 0 saturated carbocycles. The summed E-state index contributed by atoms with van der Waals surface area (Å²) in [7, 11) is 0. The van der Waals surface area contributed by atoms with Crippen LogP contribution in [0.5, 0.6) is 0 Å². The summed E-state index contributed by atoms with van der Waals surface area (Å²) < 4.78 is 0. The van der Waals surface area contributed by atoms with Crippen molar-refractivity contribution in [2.45, 2.75) is 19.4 Å². The van der Waals surface area contributed by atoms with Gasteiger partial charge in [0.15, 0.2) is 0 Å². The van der Waals surface area contributed by atoms with Gasteiger partial charge in [-0.05, 0) is 37.6 Å². The molecule has 0 radical (unpaired) electrons. The van der Waals surface area contributed by atoms with Crippen LogP contribution in [-0.2, 0) is 19.2 Å². The van der Waals surface area contributed by atoms with Gasteiger partial charge in [-0.1, -0.05) is 12.1 Å². The van der Waals surface area contributed by atoms with Gasteiger partial charge < -0.3 is 50.2 Å². The van der Waals surface area contributed by atoms with Gasteiger partial charge in [0.2, 0.25) is 0 Å². The predicted molar refractivity (Wildman–Crippen MR) is 76.1 cm³/mol. The highest BCUT2D eigenvalue weighted by atomic mass is 16.4. The molecule has 1 aliphatic rings. The standard InChI is InChI=1S/C11H16N2.2C2H2O4/c1-9-3-2-4-10(7-9)13-11-5-6-12-8-11;2*3-1(4)2(5)6/h2-4,7,11-13H,5-6,8H2,1H3;2*(H,3,4)(H,5,6)/p-4. The molecular weight excluding hydrogens is 336 g/mol. The van der Waals surface area contributed by atoms with Crippen LogP contribution in [0.1, 0.15) is 12.0 Å². The molecule has 138 valence electrons. The van der Waals surface area contributed by atoms with Crippen LogP contribution in [0.4, 0.5) is 5.69 Å². The third-order valence-corrected chi connectivity index (χ3v) is 2.78. The number of nitrogens with one attached hydrogen (secondary N) is 2. The Bertz CT molecular complexity index is 563. The molecule has 1 fully saturated rings. The maximum atomic E-state index is 8.93. The third kappa shape index (κ3) is 11.1. The van der Waals surface area contributed by atoms with Gasteiger partial charge >= 0.3 is 0 Å². The van der Waals surface area contributed by atoms with E-state index in [1.54, 1.807) is 0 Å². The van der Waals surface area contributed by atoms with Gasteiger partial charge in [-0.15, -0.1) is 0 Å². The van der Waals surface area contributed by atoms with Crippen molar-refractivity contribution < 1.29 is 39.6 Å². The molecule has 1 saturated heterocycles. The zero-order valence-corrected chi connectivity index (χ0v) is 13.3. The minimum atomic E-state index is -2.19. The molecule has 10 nitrogen and oxygen atoms in total. The van der Waals surface area contributed by atoms with Crippen LogP contribution in [0.25, 0.3) is 0 Å². The summed E-state index contributed by atoms with van der Waals surface area (Å²) in [6, 6.07) is 9.16. The first-order valence-corrected chi connectivity index (χ1v) is 7.02. The predicted octanol–water partition coefficient (Wildman–Crippen LogP) is -5.26. The van der Waals surface area contributed by atoms with E-state index in [1.165, 1.54) is 17.7 Å². The second-order valence-corrected chi connectivity index (χ2v) is 4.85. The van der Waals surface area contributed by atoms with Crippen LogP contribution in [-0.4, -0.2) is 43.0 Å². The van der Waals surface area contributed by atoms with E-state index in [0.717, 1.165) is 13.1 Å². The van der Waals surface area contributed by atoms with Gasteiger partial charge in [0.05, 0.1) is 23.9 Å². The Morgan fingerprint density at radius 3 is 1.88 bits per heavy atom.